The van der Waals surface area contributed by atoms with Crippen LogP contribution in [0.25, 0.3) is 10.2 Å². The molecular formula is C28H30N4O3S2. The van der Waals surface area contributed by atoms with Crippen LogP contribution in [0, 0.1) is 19.8 Å². The molecule has 1 amide bonds. The summed E-state index contributed by atoms with van der Waals surface area (Å²) >= 11 is 1.47. The van der Waals surface area contributed by atoms with Crippen LogP contribution in [-0.4, -0.2) is 41.7 Å². The van der Waals surface area contributed by atoms with E-state index in [1.165, 1.54) is 23.5 Å². The summed E-state index contributed by atoms with van der Waals surface area (Å²) in [6.07, 6.45) is 3.42. The third-order valence-electron chi connectivity index (χ3n) is 6.82. The number of piperidine rings is 1. The van der Waals surface area contributed by atoms with Gasteiger partial charge in [-0.05, 0) is 86.2 Å². The number of aromatic nitrogens is 2. The van der Waals surface area contributed by atoms with Crippen molar-refractivity contribution in [3.8, 4) is 0 Å². The normalized spacial score (nSPS) is 15.2. The average molecular weight is 535 g/mol. The van der Waals surface area contributed by atoms with E-state index >= 15 is 0 Å². The molecule has 0 atom stereocenters. The van der Waals surface area contributed by atoms with E-state index in [2.05, 4.69) is 24.0 Å². The van der Waals surface area contributed by atoms with Crippen LogP contribution in [0.5, 0.6) is 0 Å². The van der Waals surface area contributed by atoms with Crippen molar-refractivity contribution in [3.63, 3.8) is 0 Å². The van der Waals surface area contributed by atoms with Crippen LogP contribution in [0.15, 0.2) is 65.7 Å². The van der Waals surface area contributed by atoms with Crippen molar-refractivity contribution in [3.05, 3.63) is 83.2 Å². The third kappa shape index (κ3) is 5.30. The summed E-state index contributed by atoms with van der Waals surface area (Å²) in [5.41, 5.74) is 4.21. The fourth-order valence-corrected chi connectivity index (χ4v) is 7.26. The minimum atomic E-state index is -3.59. The minimum absolute atomic E-state index is 0.209. The van der Waals surface area contributed by atoms with Crippen LogP contribution in [0.4, 0.5) is 5.13 Å². The largest absolute Gasteiger partial charge is 0.278 e. The number of pyridine rings is 1. The van der Waals surface area contributed by atoms with Crippen molar-refractivity contribution in [2.24, 2.45) is 5.92 Å². The Morgan fingerprint density at radius 1 is 1.08 bits per heavy atom. The quantitative estimate of drug-likeness (QED) is 0.323. The number of amides is 1. The molecule has 0 spiro atoms. The summed E-state index contributed by atoms with van der Waals surface area (Å²) in [6, 6.07) is 16.0. The number of hydrogen-bond donors (Lipinski definition) is 0. The average Bonchev–Trinajstić information content (AvgIpc) is 3.32. The lowest BCUT2D eigenvalue weighted by Crippen LogP contribution is -2.37. The monoisotopic (exact) mass is 534 g/mol. The number of sulfonamides is 1. The van der Waals surface area contributed by atoms with Crippen molar-refractivity contribution in [1.29, 1.82) is 0 Å². The lowest BCUT2D eigenvalue weighted by Gasteiger charge is -2.29. The first-order chi connectivity index (χ1) is 17.7. The van der Waals surface area contributed by atoms with Gasteiger partial charge in [0.05, 0.1) is 27.4 Å². The van der Waals surface area contributed by atoms with E-state index in [-0.39, 0.29) is 17.3 Å². The Bertz CT molecular complexity index is 1530. The first-order valence-electron chi connectivity index (χ1n) is 12.4. The molecule has 1 aliphatic rings. The van der Waals surface area contributed by atoms with Gasteiger partial charge in [0.15, 0.2) is 5.13 Å². The fourth-order valence-electron chi connectivity index (χ4n) is 4.65. The Morgan fingerprint density at radius 3 is 2.49 bits per heavy atom. The molecule has 1 saturated heterocycles. The maximum Gasteiger partial charge on any atom is 0.260 e. The number of aryl methyl sites for hydroxylation is 2. The van der Waals surface area contributed by atoms with Crippen LogP contribution in [-0.2, 0) is 16.6 Å². The maximum atomic E-state index is 13.8. The van der Waals surface area contributed by atoms with Gasteiger partial charge < -0.3 is 0 Å². The highest BCUT2D eigenvalue weighted by Crippen LogP contribution is 2.33. The smallest absolute Gasteiger partial charge is 0.260 e. The molecule has 3 heterocycles. The first-order valence-corrected chi connectivity index (χ1v) is 14.7. The lowest BCUT2D eigenvalue weighted by atomic mass is 10.0. The molecular weight excluding hydrogens is 504 g/mol. The second kappa shape index (κ2) is 10.3. The van der Waals surface area contributed by atoms with Gasteiger partial charge in [0.25, 0.3) is 5.91 Å². The van der Waals surface area contributed by atoms with E-state index in [0.717, 1.165) is 39.9 Å². The van der Waals surface area contributed by atoms with E-state index in [1.807, 2.05) is 32.0 Å². The molecule has 192 valence electrons. The highest BCUT2D eigenvalue weighted by atomic mass is 32.2. The van der Waals surface area contributed by atoms with Gasteiger partial charge in [-0.15, -0.1) is 0 Å². The Balaban J connectivity index is 1.47. The van der Waals surface area contributed by atoms with Crippen LogP contribution in [0.2, 0.25) is 0 Å². The Kier molecular flexibility index (Phi) is 7.11. The highest BCUT2D eigenvalue weighted by molar-refractivity contribution is 7.89. The van der Waals surface area contributed by atoms with E-state index in [4.69, 9.17) is 4.98 Å². The van der Waals surface area contributed by atoms with Gasteiger partial charge >= 0.3 is 0 Å². The number of thiazole rings is 1. The molecule has 0 unspecified atom stereocenters. The first kappa shape index (κ1) is 25.5. The lowest BCUT2D eigenvalue weighted by molar-refractivity contribution is 0.0984. The van der Waals surface area contributed by atoms with Crippen molar-refractivity contribution in [2.75, 3.05) is 18.0 Å². The third-order valence-corrected chi connectivity index (χ3v) is 9.76. The zero-order valence-corrected chi connectivity index (χ0v) is 22.8. The maximum absolute atomic E-state index is 13.8. The van der Waals surface area contributed by atoms with Gasteiger partial charge in [-0.25, -0.2) is 13.4 Å². The molecule has 1 fully saturated rings. The SMILES string of the molecule is Cc1cc(C)c2nc(N(Cc3ccccn3)C(=O)c3ccc(S(=O)(=O)N4CCC(C)CC4)cc3)sc2c1. The van der Waals surface area contributed by atoms with Crippen molar-refractivity contribution >= 4 is 42.6 Å². The highest BCUT2D eigenvalue weighted by Gasteiger charge is 2.29. The molecule has 2 aromatic carbocycles. The van der Waals surface area contributed by atoms with E-state index in [9.17, 15) is 13.2 Å². The topological polar surface area (TPSA) is 83.5 Å². The predicted molar refractivity (Wildman–Crippen MR) is 147 cm³/mol. The van der Waals surface area contributed by atoms with E-state index in [1.54, 1.807) is 27.5 Å². The van der Waals surface area contributed by atoms with Gasteiger partial charge in [0.2, 0.25) is 10.0 Å². The predicted octanol–water partition coefficient (Wildman–Crippen LogP) is 5.58. The van der Waals surface area contributed by atoms with Crippen molar-refractivity contribution in [2.45, 2.75) is 45.1 Å². The second-order valence-corrected chi connectivity index (χ2v) is 12.7. The number of carbonyl (C=O) groups is 1. The number of benzene rings is 2. The Morgan fingerprint density at radius 2 is 1.81 bits per heavy atom. The van der Waals surface area contributed by atoms with Gasteiger partial charge in [-0.3, -0.25) is 14.7 Å². The summed E-state index contributed by atoms with van der Waals surface area (Å²) in [6.45, 7) is 7.52. The number of nitrogens with zero attached hydrogens (tertiary/aromatic N) is 4. The fraction of sp³-hybridized carbons (Fsp3) is 0.321. The zero-order valence-electron chi connectivity index (χ0n) is 21.2. The Labute approximate surface area is 221 Å². The summed E-state index contributed by atoms with van der Waals surface area (Å²) in [5, 5.41) is 0.582. The molecule has 0 radical (unpaired) electrons. The standard InChI is InChI=1S/C28H30N4O3S2/c1-19-11-14-31(15-12-19)37(34,35)24-9-7-22(8-10-24)27(33)32(18-23-6-4-5-13-29-23)28-30-26-21(3)16-20(2)17-25(26)36-28/h4-10,13,16-17,19H,11-12,14-15,18H2,1-3H3. The molecule has 1 aliphatic heterocycles. The molecule has 7 nitrogen and oxygen atoms in total. The summed E-state index contributed by atoms with van der Waals surface area (Å²) in [4.78, 5) is 24.8. The summed E-state index contributed by atoms with van der Waals surface area (Å²) < 4.78 is 28.9. The number of hydrogen-bond acceptors (Lipinski definition) is 6. The van der Waals surface area contributed by atoms with E-state index in [0.29, 0.717) is 29.7 Å². The van der Waals surface area contributed by atoms with Gasteiger partial charge in [-0.2, -0.15) is 4.31 Å². The number of anilines is 1. The van der Waals surface area contributed by atoms with Gasteiger partial charge in [-0.1, -0.05) is 30.4 Å². The van der Waals surface area contributed by atoms with Crippen molar-refractivity contribution in [1.82, 2.24) is 14.3 Å². The van der Waals surface area contributed by atoms with Gasteiger partial charge in [0.1, 0.15) is 0 Å². The molecule has 0 bridgehead atoms. The van der Waals surface area contributed by atoms with Gasteiger partial charge in [0, 0.05) is 24.8 Å². The molecule has 2 aromatic heterocycles. The molecule has 5 rings (SSSR count). The van der Waals surface area contributed by atoms with Crippen LogP contribution in [0.3, 0.4) is 0 Å². The van der Waals surface area contributed by atoms with Crippen molar-refractivity contribution < 1.29 is 13.2 Å². The number of carbonyl (C=O) groups excluding carboxylic acids is 1. The summed E-state index contributed by atoms with van der Waals surface area (Å²) in [5.74, 6) is 0.279. The molecule has 0 aliphatic carbocycles. The summed E-state index contributed by atoms with van der Waals surface area (Å²) in [7, 11) is -3.59. The van der Waals surface area contributed by atoms with Crippen LogP contribution < -0.4 is 4.90 Å². The second-order valence-electron chi connectivity index (χ2n) is 9.75. The number of rotatable bonds is 6. The van der Waals surface area contributed by atoms with E-state index < -0.39 is 10.0 Å². The molecule has 9 heteroatoms. The molecule has 0 N–H and O–H groups in total. The Hall–Kier alpha value is -3.14. The molecule has 0 saturated carbocycles. The number of fused-ring (bicyclic) bond motifs is 1. The van der Waals surface area contributed by atoms with Crippen LogP contribution in [0.1, 0.15) is 46.9 Å². The van der Waals surface area contributed by atoms with Crippen LogP contribution >= 0.6 is 11.3 Å². The molecule has 4 aromatic rings. The minimum Gasteiger partial charge on any atom is -0.278 e. The zero-order chi connectivity index (χ0) is 26.2. The molecule has 37 heavy (non-hydrogen) atoms.